The molecular formula is C15H15N3O3. The van der Waals surface area contributed by atoms with Crippen LogP contribution < -0.4 is 15.0 Å². The number of rotatable bonds is 3. The number of aromatic nitrogens is 3. The summed E-state index contributed by atoms with van der Waals surface area (Å²) in [5, 5.41) is 2.92. The fraction of sp³-hybridized carbons (Fsp3) is 0.200. The predicted molar refractivity (Wildman–Crippen MR) is 79.1 cm³/mol. The van der Waals surface area contributed by atoms with E-state index >= 15 is 0 Å². The van der Waals surface area contributed by atoms with Gasteiger partial charge in [0.25, 0.3) is 5.56 Å². The highest BCUT2D eigenvalue weighted by Crippen LogP contribution is 2.33. The van der Waals surface area contributed by atoms with E-state index in [2.05, 4.69) is 10.1 Å². The Hall–Kier alpha value is -2.76. The second-order valence-electron chi connectivity index (χ2n) is 4.65. The molecular weight excluding hydrogens is 270 g/mol. The van der Waals surface area contributed by atoms with Crippen LogP contribution in [0.25, 0.3) is 16.8 Å². The Bertz CT molecular complexity index is 864. The number of H-pyrrole nitrogens is 1. The molecule has 1 N–H and O–H groups in total. The van der Waals surface area contributed by atoms with Gasteiger partial charge in [-0.1, -0.05) is 6.07 Å². The maximum absolute atomic E-state index is 11.9. The van der Waals surface area contributed by atoms with Crippen LogP contribution in [0.1, 0.15) is 5.69 Å². The molecule has 0 aliphatic heterocycles. The Morgan fingerprint density at radius 2 is 1.90 bits per heavy atom. The Morgan fingerprint density at radius 3 is 2.62 bits per heavy atom. The highest BCUT2D eigenvalue weighted by molar-refractivity contribution is 5.78. The Labute approximate surface area is 120 Å². The lowest BCUT2D eigenvalue weighted by atomic mass is 10.1. The molecule has 1 aromatic carbocycles. The minimum absolute atomic E-state index is 0.135. The fourth-order valence-corrected chi connectivity index (χ4v) is 2.31. The molecule has 0 aliphatic carbocycles. The van der Waals surface area contributed by atoms with Gasteiger partial charge in [-0.05, 0) is 24.6 Å². The second-order valence-corrected chi connectivity index (χ2v) is 4.65. The molecule has 0 saturated heterocycles. The summed E-state index contributed by atoms with van der Waals surface area (Å²) >= 11 is 0. The van der Waals surface area contributed by atoms with Crippen LogP contribution >= 0.6 is 0 Å². The van der Waals surface area contributed by atoms with Gasteiger partial charge in [-0.15, -0.1) is 0 Å². The van der Waals surface area contributed by atoms with Gasteiger partial charge in [0, 0.05) is 23.5 Å². The summed E-state index contributed by atoms with van der Waals surface area (Å²) in [6.45, 7) is 1.80. The SMILES string of the molecule is COc1ccc(-c2c[nH]n3c(=O)cc(C)nc23)cc1OC. The Morgan fingerprint density at radius 1 is 1.14 bits per heavy atom. The second kappa shape index (κ2) is 4.97. The first-order valence-corrected chi connectivity index (χ1v) is 6.44. The predicted octanol–water partition coefficient (Wildman–Crippen LogP) is 2.02. The molecule has 0 atom stereocenters. The number of hydrogen-bond acceptors (Lipinski definition) is 4. The average molecular weight is 285 g/mol. The summed E-state index contributed by atoms with van der Waals surface area (Å²) < 4.78 is 12.0. The van der Waals surface area contributed by atoms with Crippen molar-refractivity contribution in [3.05, 3.63) is 46.5 Å². The molecule has 6 heteroatoms. The molecule has 0 spiro atoms. The van der Waals surface area contributed by atoms with Gasteiger partial charge in [-0.2, -0.15) is 0 Å². The van der Waals surface area contributed by atoms with Crippen molar-refractivity contribution >= 4 is 5.65 Å². The number of aryl methyl sites for hydroxylation is 1. The molecule has 3 aromatic rings. The van der Waals surface area contributed by atoms with Crippen molar-refractivity contribution in [2.45, 2.75) is 6.92 Å². The monoisotopic (exact) mass is 285 g/mol. The van der Waals surface area contributed by atoms with Crippen molar-refractivity contribution in [3.8, 4) is 22.6 Å². The van der Waals surface area contributed by atoms with Gasteiger partial charge in [0.05, 0.1) is 14.2 Å². The van der Waals surface area contributed by atoms with Gasteiger partial charge < -0.3 is 9.47 Å². The number of nitrogens with one attached hydrogen (secondary N) is 1. The van der Waals surface area contributed by atoms with Crippen LogP contribution in [-0.2, 0) is 0 Å². The molecule has 0 aliphatic rings. The van der Waals surface area contributed by atoms with Crippen molar-refractivity contribution in [2.75, 3.05) is 14.2 Å². The minimum atomic E-state index is -0.135. The van der Waals surface area contributed by atoms with E-state index in [-0.39, 0.29) is 5.56 Å². The Balaban J connectivity index is 2.23. The summed E-state index contributed by atoms with van der Waals surface area (Å²) in [6.07, 6.45) is 1.75. The van der Waals surface area contributed by atoms with Crippen LogP contribution in [0, 0.1) is 6.92 Å². The number of aromatic amines is 1. The molecule has 0 fully saturated rings. The van der Waals surface area contributed by atoms with Gasteiger partial charge in [0.1, 0.15) is 0 Å². The van der Waals surface area contributed by atoms with Crippen molar-refractivity contribution < 1.29 is 9.47 Å². The number of hydrogen-bond donors (Lipinski definition) is 1. The van der Waals surface area contributed by atoms with Crippen LogP contribution in [0.5, 0.6) is 11.5 Å². The van der Waals surface area contributed by atoms with E-state index in [4.69, 9.17) is 9.47 Å². The van der Waals surface area contributed by atoms with Gasteiger partial charge in [-0.25, -0.2) is 9.50 Å². The summed E-state index contributed by atoms with van der Waals surface area (Å²) in [5.74, 6) is 1.28. The number of nitrogens with zero attached hydrogens (tertiary/aromatic N) is 2. The van der Waals surface area contributed by atoms with Gasteiger partial charge >= 0.3 is 0 Å². The molecule has 0 amide bonds. The van der Waals surface area contributed by atoms with Crippen LogP contribution in [-0.4, -0.2) is 28.8 Å². The van der Waals surface area contributed by atoms with Crippen molar-refractivity contribution in [1.29, 1.82) is 0 Å². The highest BCUT2D eigenvalue weighted by Gasteiger charge is 2.12. The zero-order valence-corrected chi connectivity index (χ0v) is 12.0. The lowest BCUT2D eigenvalue weighted by molar-refractivity contribution is 0.355. The molecule has 108 valence electrons. The first-order valence-electron chi connectivity index (χ1n) is 6.44. The quantitative estimate of drug-likeness (QED) is 0.799. The maximum Gasteiger partial charge on any atom is 0.272 e. The van der Waals surface area contributed by atoms with E-state index in [1.807, 2.05) is 18.2 Å². The lowest BCUT2D eigenvalue weighted by Gasteiger charge is -2.08. The topological polar surface area (TPSA) is 68.6 Å². The molecule has 3 rings (SSSR count). The van der Waals surface area contributed by atoms with E-state index in [9.17, 15) is 4.79 Å². The molecule has 2 aromatic heterocycles. The van der Waals surface area contributed by atoms with E-state index < -0.39 is 0 Å². The third kappa shape index (κ3) is 2.14. The number of methoxy groups -OCH3 is 2. The summed E-state index contributed by atoms with van der Waals surface area (Å²) in [5.41, 5.74) is 2.86. The van der Waals surface area contributed by atoms with Gasteiger partial charge in [0.2, 0.25) is 0 Å². The molecule has 21 heavy (non-hydrogen) atoms. The first-order chi connectivity index (χ1) is 10.1. The van der Waals surface area contributed by atoms with E-state index in [0.717, 1.165) is 11.1 Å². The number of ether oxygens (including phenoxy) is 2. The van der Waals surface area contributed by atoms with Crippen molar-refractivity contribution in [2.24, 2.45) is 0 Å². The Kier molecular flexibility index (Phi) is 3.13. The minimum Gasteiger partial charge on any atom is -0.493 e. The lowest BCUT2D eigenvalue weighted by Crippen LogP contribution is -2.14. The standard InChI is InChI=1S/C15H15N3O3/c1-9-6-14(19)18-15(17-9)11(8-16-18)10-4-5-12(20-2)13(7-10)21-3/h4-8,16H,1-3H3. The van der Waals surface area contributed by atoms with E-state index in [1.54, 1.807) is 27.3 Å². The van der Waals surface area contributed by atoms with Crippen LogP contribution in [0.2, 0.25) is 0 Å². The van der Waals surface area contributed by atoms with Gasteiger partial charge in [0.15, 0.2) is 17.1 Å². The zero-order valence-electron chi connectivity index (χ0n) is 12.0. The number of fused-ring (bicyclic) bond motifs is 1. The fourth-order valence-electron chi connectivity index (χ4n) is 2.31. The molecule has 0 saturated carbocycles. The van der Waals surface area contributed by atoms with Crippen molar-refractivity contribution in [3.63, 3.8) is 0 Å². The smallest absolute Gasteiger partial charge is 0.272 e. The van der Waals surface area contributed by atoms with Crippen LogP contribution in [0.4, 0.5) is 0 Å². The summed E-state index contributed by atoms with van der Waals surface area (Å²) in [7, 11) is 3.18. The summed E-state index contributed by atoms with van der Waals surface area (Å²) in [4.78, 5) is 16.3. The zero-order chi connectivity index (χ0) is 15.0. The number of benzene rings is 1. The average Bonchev–Trinajstić information content (AvgIpc) is 2.90. The van der Waals surface area contributed by atoms with E-state index in [0.29, 0.717) is 22.8 Å². The molecule has 0 radical (unpaired) electrons. The molecule has 2 heterocycles. The third-order valence-electron chi connectivity index (χ3n) is 3.32. The maximum atomic E-state index is 11.9. The van der Waals surface area contributed by atoms with Gasteiger partial charge in [-0.3, -0.25) is 9.89 Å². The third-order valence-corrected chi connectivity index (χ3v) is 3.32. The normalized spacial score (nSPS) is 10.8. The molecule has 6 nitrogen and oxygen atoms in total. The van der Waals surface area contributed by atoms with Crippen molar-refractivity contribution in [1.82, 2.24) is 14.6 Å². The highest BCUT2D eigenvalue weighted by atomic mass is 16.5. The first kappa shape index (κ1) is 13.2. The summed E-state index contributed by atoms with van der Waals surface area (Å²) in [6, 6.07) is 7.07. The molecule has 0 bridgehead atoms. The van der Waals surface area contributed by atoms with Crippen LogP contribution in [0.15, 0.2) is 35.3 Å². The largest absolute Gasteiger partial charge is 0.493 e. The van der Waals surface area contributed by atoms with E-state index in [1.165, 1.54) is 10.6 Å². The van der Waals surface area contributed by atoms with Crippen LogP contribution in [0.3, 0.4) is 0 Å². The molecule has 0 unspecified atom stereocenters.